The molecule has 198 valence electrons. The Morgan fingerprint density at radius 3 is 2.47 bits per heavy atom. The van der Waals surface area contributed by atoms with Gasteiger partial charge in [0.15, 0.2) is 0 Å². The van der Waals surface area contributed by atoms with Gasteiger partial charge in [-0.3, -0.25) is 9.52 Å². The maximum absolute atomic E-state index is 13.0. The number of hydrogen-bond donors (Lipinski definition) is 2. The number of nitrogens with zero attached hydrogens (tertiary/aromatic N) is 3. The SMILES string of the molecule is CCS(=O)(=O)Nc1cc(-c2cn(C)c(=O)c3[nH]ccc23)cc2c1nc(C)n2Cc1ccc(C(F)(F)F)cc1. The smallest absolute Gasteiger partial charge is 0.357 e. The van der Waals surface area contributed by atoms with E-state index in [9.17, 15) is 26.4 Å². The zero-order chi connectivity index (χ0) is 27.4. The number of anilines is 1. The van der Waals surface area contributed by atoms with E-state index in [-0.39, 0.29) is 23.5 Å². The maximum Gasteiger partial charge on any atom is 0.416 e. The summed E-state index contributed by atoms with van der Waals surface area (Å²) in [6, 6.07) is 10.2. The third-order valence-corrected chi connectivity index (χ3v) is 7.81. The number of alkyl halides is 3. The molecule has 5 rings (SSSR count). The lowest BCUT2D eigenvalue weighted by atomic mass is 10.0. The number of aromatic amines is 1. The van der Waals surface area contributed by atoms with Crippen molar-refractivity contribution < 1.29 is 21.6 Å². The van der Waals surface area contributed by atoms with Crippen molar-refractivity contribution in [3.63, 3.8) is 0 Å². The highest BCUT2D eigenvalue weighted by molar-refractivity contribution is 7.92. The average Bonchev–Trinajstić information content (AvgIpc) is 3.47. The zero-order valence-electron chi connectivity index (χ0n) is 20.7. The molecule has 0 saturated carbocycles. The lowest BCUT2D eigenvalue weighted by Gasteiger charge is -2.14. The number of rotatable bonds is 6. The monoisotopic (exact) mass is 543 g/mol. The van der Waals surface area contributed by atoms with Gasteiger partial charge in [0, 0.05) is 36.9 Å². The van der Waals surface area contributed by atoms with E-state index in [1.807, 2.05) is 10.6 Å². The van der Waals surface area contributed by atoms with Gasteiger partial charge in [-0.2, -0.15) is 13.2 Å². The summed E-state index contributed by atoms with van der Waals surface area (Å²) in [5.74, 6) is 0.410. The first-order valence-electron chi connectivity index (χ1n) is 11.7. The summed E-state index contributed by atoms with van der Waals surface area (Å²) in [7, 11) is -2.03. The van der Waals surface area contributed by atoms with Gasteiger partial charge in [-0.05, 0) is 55.3 Å². The third-order valence-electron chi connectivity index (χ3n) is 6.52. The van der Waals surface area contributed by atoms with Gasteiger partial charge in [0.2, 0.25) is 10.0 Å². The van der Waals surface area contributed by atoms with E-state index >= 15 is 0 Å². The highest BCUT2D eigenvalue weighted by Crippen LogP contribution is 2.35. The highest BCUT2D eigenvalue weighted by Gasteiger charge is 2.30. The molecule has 3 heterocycles. The number of benzene rings is 2. The molecule has 2 N–H and O–H groups in total. The van der Waals surface area contributed by atoms with E-state index < -0.39 is 21.8 Å². The molecule has 0 atom stereocenters. The summed E-state index contributed by atoms with van der Waals surface area (Å²) in [6.45, 7) is 3.49. The van der Waals surface area contributed by atoms with Gasteiger partial charge in [-0.15, -0.1) is 0 Å². The quantitative estimate of drug-likeness (QED) is 0.314. The molecular weight excluding hydrogens is 519 g/mol. The van der Waals surface area contributed by atoms with Crippen molar-refractivity contribution in [2.75, 3.05) is 10.5 Å². The molecule has 8 nitrogen and oxygen atoms in total. The van der Waals surface area contributed by atoms with Crippen LogP contribution in [-0.4, -0.2) is 33.3 Å². The lowest BCUT2D eigenvalue weighted by Crippen LogP contribution is -2.17. The fourth-order valence-electron chi connectivity index (χ4n) is 4.49. The first-order valence-corrected chi connectivity index (χ1v) is 13.4. The Bertz CT molecular complexity index is 1850. The number of halogens is 3. The van der Waals surface area contributed by atoms with Crippen molar-refractivity contribution >= 4 is 37.6 Å². The van der Waals surface area contributed by atoms with E-state index in [4.69, 9.17) is 0 Å². The third kappa shape index (κ3) is 4.55. The van der Waals surface area contributed by atoms with Crippen LogP contribution in [0.3, 0.4) is 0 Å². The minimum atomic E-state index is -4.43. The second-order valence-electron chi connectivity index (χ2n) is 9.06. The number of H-pyrrole nitrogens is 1. The van der Waals surface area contributed by atoms with Gasteiger partial charge in [-0.1, -0.05) is 12.1 Å². The maximum atomic E-state index is 13.0. The number of aromatic nitrogens is 4. The second kappa shape index (κ2) is 9.05. The minimum absolute atomic E-state index is 0.147. The fourth-order valence-corrected chi connectivity index (χ4v) is 5.13. The predicted octanol–water partition coefficient (Wildman–Crippen LogP) is 5.02. The van der Waals surface area contributed by atoms with Gasteiger partial charge >= 0.3 is 6.18 Å². The Labute approximate surface area is 215 Å². The molecule has 0 spiro atoms. The number of hydrogen-bond acceptors (Lipinski definition) is 4. The number of fused-ring (bicyclic) bond motifs is 2. The highest BCUT2D eigenvalue weighted by atomic mass is 32.2. The summed E-state index contributed by atoms with van der Waals surface area (Å²) in [6.07, 6.45) is -1.09. The van der Waals surface area contributed by atoms with Crippen LogP contribution < -0.4 is 10.3 Å². The summed E-state index contributed by atoms with van der Waals surface area (Å²) < 4.78 is 70.0. The number of aryl methyl sites for hydroxylation is 2. The van der Waals surface area contributed by atoms with E-state index in [2.05, 4.69) is 14.7 Å². The fraction of sp³-hybridized carbons (Fsp3) is 0.231. The Balaban J connectivity index is 1.72. The molecular formula is C26H24F3N5O3S. The van der Waals surface area contributed by atoms with Crippen LogP contribution >= 0.6 is 0 Å². The van der Waals surface area contributed by atoms with Crippen LogP contribution in [0.5, 0.6) is 0 Å². The molecule has 0 aliphatic rings. The Kier molecular flexibility index (Phi) is 6.09. The Morgan fingerprint density at radius 1 is 1.11 bits per heavy atom. The van der Waals surface area contributed by atoms with Crippen LogP contribution in [0.25, 0.3) is 33.1 Å². The topological polar surface area (TPSA) is 102 Å². The van der Waals surface area contributed by atoms with Crippen LogP contribution in [0.15, 0.2) is 59.7 Å². The summed E-state index contributed by atoms with van der Waals surface area (Å²) >= 11 is 0. The summed E-state index contributed by atoms with van der Waals surface area (Å²) in [5.41, 5.74) is 2.69. The van der Waals surface area contributed by atoms with Crippen molar-refractivity contribution in [1.82, 2.24) is 19.1 Å². The van der Waals surface area contributed by atoms with Gasteiger partial charge in [0.1, 0.15) is 16.9 Å². The van der Waals surface area contributed by atoms with Crippen molar-refractivity contribution in [2.45, 2.75) is 26.6 Å². The Hall–Kier alpha value is -4.06. The molecule has 0 bridgehead atoms. The normalized spacial score (nSPS) is 12.5. The molecule has 0 fully saturated rings. The average molecular weight is 544 g/mol. The number of sulfonamides is 1. The largest absolute Gasteiger partial charge is 0.416 e. The van der Waals surface area contributed by atoms with Gasteiger partial charge in [0.25, 0.3) is 5.56 Å². The number of nitrogens with one attached hydrogen (secondary N) is 2. The first kappa shape index (κ1) is 25.6. The molecule has 0 saturated heterocycles. The second-order valence-corrected chi connectivity index (χ2v) is 11.1. The van der Waals surface area contributed by atoms with Crippen LogP contribution in [0.4, 0.5) is 18.9 Å². The predicted molar refractivity (Wildman–Crippen MR) is 141 cm³/mol. The molecule has 0 unspecified atom stereocenters. The van der Waals surface area contributed by atoms with E-state index in [0.29, 0.717) is 44.5 Å². The number of imidazole rings is 1. The summed E-state index contributed by atoms with van der Waals surface area (Å²) in [5, 5.41) is 0.669. The molecule has 3 aromatic heterocycles. The van der Waals surface area contributed by atoms with Crippen LogP contribution in [0.2, 0.25) is 0 Å². The summed E-state index contributed by atoms with van der Waals surface area (Å²) in [4.78, 5) is 20.1. The van der Waals surface area contributed by atoms with Gasteiger partial charge in [0.05, 0.1) is 22.5 Å². The van der Waals surface area contributed by atoms with Gasteiger partial charge < -0.3 is 14.1 Å². The molecule has 2 aromatic carbocycles. The van der Waals surface area contributed by atoms with Crippen LogP contribution in [0, 0.1) is 6.92 Å². The van der Waals surface area contributed by atoms with E-state index in [0.717, 1.165) is 12.1 Å². The molecule has 5 aromatic rings. The Morgan fingerprint density at radius 2 is 1.82 bits per heavy atom. The molecule has 0 aliphatic heterocycles. The van der Waals surface area contributed by atoms with Crippen molar-refractivity contribution in [2.24, 2.45) is 7.05 Å². The zero-order valence-corrected chi connectivity index (χ0v) is 21.5. The first-order chi connectivity index (χ1) is 17.9. The van der Waals surface area contributed by atoms with E-state index in [1.165, 1.54) is 23.6 Å². The van der Waals surface area contributed by atoms with Crippen LogP contribution in [0.1, 0.15) is 23.9 Å². The van der Waals surface area contributed by atoms with Crippen LogP contribution in [-0.2, 0) is 29.8 Å². The minimum Gasteiger partial charge on any atom is -0.357 e. The standard InChI is InChI=1S/C26H24F3N5O3S/c1-4-38(36,37)32-21-11-17(20-14-33(3)25(35)23-19(20)9-10-30-23)12-22-24(21)31-15(2)34(22)13-16-5-7-18(8-6-16)26(27,28)29/h5-12,14,30,32H,4,13H2,1-3H3. The van der Waals surface area contributed by atoms with E-state index in [1.54, 1.807) is 38.5 Å². The molecule has 0 amide bonds. The van der Waals surface area contributed by atoms with Crippen molar-refractivity contribution in [3.05, 3.63) is 82.2 Å². The molecule has 0 aliphatic carbocycles. The van der Waals surface area contributed by atoms with Gasteiger partial charge in [-0.25, -0.2) is 13.4 Å². The molecule has 12 heteroatoms. The molecule has 38 heavy (non-hydrogen) atoms. The van der Waals surface area contributed by atoms with Crippen molar-refractivity contribution in [3.8, 4) is 11.1 Å². The lowest BCUT2D eigenvalue weighted by molar-refractivity contribution is -0.137. The number of pyridine rings is 1. The van der Waals surface area contributed by atoms with Crippen molar-refractivity contribution in [1.29, 1.82) is 0 Å². The molecule has 0 radical (unpaired) electrons.